The summed E-state index contributed by atoms with van der Waals surface area (Å²) in [5.41, 5.74) is 2.56. The lowest BCUT2D eigenvalue weighted by Crippen LogP contribution is -2.47. The largest absolute Gasteiger partial charge is 0.334 e. The molecular weight excluding hydrogens is 316 g/mol. The first-order valence-corrected chi connectivity index (χ1v) is 9.06. The van der Waals surface area contributed by atoms with E-state index >= 15 is 0 Å². The average molecular weight is 341 g/mol. The molecular formula is C17H25ClN2OS. The van der Waals surface area contributed by atoms with Gasteiger partial charge in [-0.15, -0.1) is 12.4 Å². The molecule has 2 aliphatic heterocycles. The van der Waals surface area contributed by atoms with Crippen molar-refractivity contribution in [1.29, 1.82) is 0 Å². The summed E-state index contributed by atoms with van der Waals surface area (Å²) in [6, 6.07) is 8.92. The Morgan fingerprint density at radius 1 is 1.32 bits per heavy atom. The van der Waals surface area contributed by atoms with Gasteiger partial charge in [0.2, 0.25) is 5.91 Å². The molecule has 0 bridgehead atoms. The molecule has 0 radical (unpaired) electrons. The molecule has 22 heavy (non-hydrogen) atoms. The average Bonchev–Trinajstić information content (AvgIpc) is 2.56. The van der Waals surface area contributed by atoms with E-state index in [0.29, 0.717) is 5.91 Å². The number of hydrogen-bond donors (Lipinski definition) is 1. The molecule has 2 fully saturated rings. The summed E-state index contributed by atoms with van der Waals surface area (Å²) in [5.74, 6) is 2.62. The number of nitrogens with one attached hydrogen (secondary N) is 1. The second-order valence-corrected chi connectivity index (χ2v) is 7.23. The van der Waals surface area contributed by atoms with Gasteiger partial charge in [-0.1, -0.05) is 29.8 Å². The summed E-state index contributed by atoms with van der Waals surface area (Å²) in [6.07, 6.45) is 2.16. The molecule has 122 valence electrons. The summed E-state index contributed by atoms with van der Waals surface area (Å²) < 4.78 is 0. The zero-order valence-corrected chi connectivity index (χ0v) is 14.7. The minimum Gasteiger partial charge on any atom is -0.334 e. The first kappa shape index (κ1) is 17.6. The SMILES string of the molecule is Cc1ccc(C2CSCCN2C(=O)C2CCCNC2)cc1.Cl. The van der Waals surface area contributed by atoms with Crippen LogP contribution in [0.3, 0.4) is 0 Å². The third-order valence-corrected chi connectivity index (χ3v) is 5.54. The number of piperidine rings is 1. The Hall–Kier alpha value is -0.710. The van der Waals surface area contributed by atoms with Crippen molar-refractivity contribution in [2.45, 2.75) is 25.8 Å². The van der Waals surface area contributed by atoms with Gasteiger partial charge in [0.15, 0.2) is 0 Å². The van der Waals surface area contributed by atoms with Crippen molar-refractivity contribution in [3.63, 3.8) is 0 Å². The normalized spacial score (nSPS) is 25.4. The van der Waals surface area contributed by atoms with Crippen molar-refractivity contribution in [3.05, 3.63) is 35.4 Å². The maximum absolute atomic E-state index is 12.9. The van der Waals surface area contributed by atoms with Crippen LogP contribution in [0.25, 0.3) is 0 Å². The van der Waals surface area contributed by atoms with Gasteiger partial charge in [0.1, 0.15) is 0 Å². The highest BCUT2D eigenvalue weighted by Crippen LogP contribution is 2.31. The minimum atomic E-state index is 0. The van der Waals surface area contributed by atoms with Gasteiger partial charge in [-0.2, -0.15) is 11.8 Å². The highest BCUT2D eigenvalue weighted by Gasteiger charge is 2.33. The highest BCUT2D eigenvalue weighted by atomic mass is 35.5. The lowest BCUT2D eigenvalue weighted by molar-refractivity contribution is -0.138. The van der Waals surface area contributed by atoms with E-state index in [1.807, 2.05) is 11.8 Å². The number of thioether (sulfide) groups is 1. The van der Waals surface area contributed by atoms with Crippen LogP contribution in [0.1, 0.15) is 30.0 Å². The van der Waals surface area contributed by atoms with Crippen LogP contribution < -0.4 is 5.32 Å². The lowest BCUT2D eigenvalue weighted by atomic mass is 9.96. The summed E-state index contributed by atoms with van der Waals surface area (Å²) >= 11 is 1.96. The van der Waals surface area contributed by atoms with E-state index in [4.69, 9.17) is 0 Å². The fourth-order valence-corrected chi connectivity index (χ4v) is 4.32. The second kappa shape index (κ2) is 8.23. The predicted molar refractivity (Wildman–Crippen MR) is 95.8 cm³/mol. The highest BCUT2D eigenvalue weighted by molar-refractivity contribution is 7.99. The molecule has 5 heteroatoms. The number of halogens is 1. The Morgan fingerprint density at radius 2 is 2.09 bits per heavy atom. The van der Waals surface area contributed by atoms with Crippen LogP contribution in [0.2, 0.25) is 0 Å². The molecule has 2 aliphatic rings. The molecule has 0 spiro atoms. The zero-order chi connectivity index (χ0) is 14.7. The molecule has 1 amide bonds. The monoisotopic (exact) mass is 340 g/mol. The summed E-state index contributed by atoms with van der Waals surface area (Å²) in [7, 11) is 0. The molecule has 2 saturated heterocycles. The van der Waals surface area contributed by atoms with E-state index < -0.39 is 0 Å². The molecule has 0 aromatic heterocycles. The van der Waals surface area contributed by atoms with Crippen molar-refractivity contribution in [2.75, 3.05) is 31.1 Å². The molecule has 0 aliphatic carbocycles. The van der Waals surface area contributed by atoms with E-state index in [9.17, 15) is 4.79 Å². The van der Waals surface area contributed by atoms with Gasteiger partial charge >= 0.3 is 0 Å². The Morgan fingerprint density at radius 3 is 2.77 bits per heavy atom. The van der Waals surface area contributed by atoms with E-state index in [-0.39, 0.29) is 24.4 Å². The third-order valence-electron chi connectivity index (χ3n) is 4.52. The van der Waals surface area contributed by atoms with Crippen LogP contribution in [0.15, 0.2) is 24.3 Å². The van der Waals surface area contributed by atoms with E-state index in [2.05, 4.69) is 41.4 Å². The maximum Gasteiger partial charge on any atom is 0.227 e. The molecule has 2 unspecified atom stereocenters. The van der Waals surface area contributed by atoms with Crippen LogP contribution in [-0.2, 0) is 4.79 Å². The lowest BCUT2D eigenvalue weighted by Gasteiger charge is -2.38. The first-order valence-electron chi connectivity index (χ1n) is 7.91. The minimum absolute atomic E-state index is 0. The van der Waals surface area contributed by atoms with Crippen LogP contribution in [0.4, 0.5) is 0 Å². The van der Waals surface area contributed by atoms with E-state index in [0.717, 1.165) is 44.0 Å². The van der Waals surface area contributed by atoms with Gasteiger partial charge in [0.05, 0.1) is 12.0 Å². The smallest absolute Gasteiger partial charge is 0.227 e. The number of nitrogens with zero attached hydrogens (tertiary/aromatic N) is 1. The Balaban J connectivity index is 0.00000176. The number of rotatable bonds is 2. The Labute approximate surface area is 143 Å². The molecule has 0 saturated carbocycles. The van der Waals surface area contributed by atoms with Crippen molar-refractivity contribution in [1.82, 2.24) is 10.2 Å². The van der Waals surface area contributed by atoms with Crippen molar-refractivity contribution < 1.29 is 4.79 Å². The van der Waals surface area contributed by atoms with Crippen LogP contribution >= 0.6 is 24.2 Å². The number of benzene rings is 1. The van der Waals surface area contributed by atoms with Gasteiger partial charge in [0, 0.05) is 24.6 Å². The number of carbonyl (C=O) groups excluding carboxylic acids is 1. The number of aryl methyl sites for hydroxylation is 1. The molecule has 2 heterocycles. The van der Waals surface area contributed by atoms with Gasteiger partial charge < -0.3 is 10.2 Å². The quantitative estimate of drug-likeness (QED) is 0.898. The van der Waals surface area contributed by atoms with Crippen LogP contribution in [0.5, 0.6) is 0 Å². The third kappa shape index (κ3) is 3.98. The van der Waals surface area contributed by atoms with Gasteiger partial charge in [-0.3, -0.25) is 4.79 Å². The van der Waals surface area contributed by atoms with Crippen molar-refractivity contribution in [3.8, 4) is 0 Å². The molecule has 1 N–H and O–H groups in total. The van der Waals surface area contributed by atoms with Crippen molar-refractivity contribution in [2.24, 2.45) is 5.92 Å². The number of hydrogen-bond acceptors (Lipinski definition) is 3. The van der Waals surface area contributed by atoms with E-state index in [1.54, 1.807) is 0 Å². The Kier molecular flexibility index (Phi) is 6.60. The summed E-state index contributed by atoms with van der Waals surface area (Å²) in [4.78, 5) is 15.0. The van der Waals surface area contributed by atoms with Crippen molar-refractivity contribution >= 4 is 30.1 Å². The summed E-state index contributed by atoms with van der Waals surface area (Å²) in [5, 5.41) is 3.36. The predicted octanol–water partition coefficient (Wildman–Crippen LogP) is 3.03. The second-order valence-electron chi connectivity index (χ2n) is 6.08. The fourth-order valence-electron chi connectivity index (χ4n) is 3.23. The maximum atomic E-state index is 12.9. The van der Waals surface area contributed by atoms with E-state index in [1.165, 1.54) is 11.1 Å². The summed E-state index contributed by atoms with van der Waals surface area (Å²) in [6.45, 7) is 4.90. The first-order chi connectivity index (χ1) is 10.3. The Bertz CT molecular complexity index is 488. The topological polar surface area (TPSA) is 32.3 Å². The van der Waals surface area contributed by atoms with Gasteiger partial charge in [-0.25, -0.2) is 0 Å². The van der Waals surface area contributed by atoms with Gasteiger partial charge in [0.25, 0.3) is 0 Å². The standard InChI is InChI=1S/C17H24N2OS.ClH/c1-13-4-6-14(7-5-13)16-12-21-10-9-19(16)17(20)15-3-2-8-18-11-15;/h4-7,15-16,18H,2-3,8-12H2,1H3;1H. The van der Waals surface area contributed by atoms with Crippen LogP contribution in [-0.4, -0.2) is 41.9 Å². The number of carbonyl (C=O) groups is 1. The molecule has 2 atom stereocenters. The molecule has 1 aromatic carbocycles. The zero-order valence-electron chi connectivity index (χ0n) is 13.1. The van der Waals surface area contributed by atoms with Crippen LogP contribution in [0, 0.1) is 12.8 Å². The molecule has 1 aromatic rings. The van der Waals surface area contributed by atoms with Gasteiger partial charge in [-0.05, 0) is 31.9 Å². The molecule has 3 rings (SSSR count). The fraction of sp³-hybridized carbons (Fsp3) is 0.588. The molecule has 3 nitrogen and oxygen atoms in total. The number of amides is 1.